The lowest BCUT2D eigenvalue weighted by molar-refractivity contribution is 0.219. The molecule has 0 saturated heterocycles. The second kappa shape index (κ2) is 5.29. The summed E-state index contributed by atoms with van der Waals surface area (Å²) in [6, 6.07) is 14.2. The van der Waals surface area contributed by atoms with Crippen molar-refractivity contribution >= 4 is 0 Å². The minimum absolute atomic E-state index is 0.570. The minimum atomic E-state index is -0.570. The Morgan fingerprint density at radius 3 is 2.60 bits per heavy atom. The number of aliphatic hydroxyl groups is 1. The van der Waals surface area contributed by atoms with E-state index < -0.39 is 6.10 Å². The van der Waals surface area contributed by atoms with E-state index in [-0.39, 0.29) is 0 Å². The van der Waals surface area contributed by atoms with Crippen molar-refractivity contribution < 1.29 is 9.84 Å². The summed E-state index contributed by atoms with van der Waals surface area (Å²) in [5.41, 5.74) is 4.32. The molecule has 1 saturated carbocycles. The largest absolute Gasteiger partial charge is 0.497 e. The van der Waals surface area contributed by atoms with Gasteiger partial charge in [-0.2, -0.15) is 0 Å². The molecule has 0 aromatic heterocycles. The Balaban J connectivity index is 1.91. The summed E-state index contributed by atoms with van der Waals surface area (Å²) in [6.45, 7) is 2.01. The maximum Gasteiger partial charge on any atom is 0.119 e. The smallest absolute Gasteiger partial charge is 0.119 e. The Morgan fingerprint density at radius 1 is 1.15 bits per heavy atom. The molecule has 0 bridgehead atoms. The molecule has 2 aromatic carbocycles. The summed E-state index contributed by atoms with van der Waals surface area (Å²) in [6.07, 6.45) is 1.99. The van der Waals surface area contributed by atoms with E-state index in [0.29, 0.717) is 5.92 Å². The zero-order chi connectivity index (χ0) is 14.1. The lowest BCUT2D eigenvalue weighted by Gasteiger charge is -2.16. The third kappa shape index (κ3) is 2.56. The lowest BCUT2D eigenvalue weighted by atomic mass is 9.95. The molecule has 2 aromatic rings. The highest BCUT2D eigenvalue weighted by atomic mass is 16.5. The number of aryl methyl sites for hydroxylation is 1. The number of methoxy groups -OCH3 is 1. The molecule has 0 amide bonds. The number of rotatable bonds is 4. The van der Waals surface area contributed by atoms with Crippen molar-refractivity contribution in [3.05, 3.63) is 64.7 Å². The highest BCUT2D eigenvalue weighted by Crippen LogP contribution is 2.41. The summed E-state index contributed by atoms with van der Waals surface area (Å²) in [5, 5.41) is 10.6. The topological polar surface area (TPSA) is 29.5 Å². The van der Waals surface area contributed by atoms with Crippen LogP contribution in [-0.4, -0.2) is 12.2 Å². The first-order chi connectivity index (χ1) is 9.69. The number of aliphatic hydroxyl groups excluding tert-OH is 1. The van der Waals surface area contributed by atoms with Gasteiger partial charge in [-0.05, 0) is 60.1 Å². The summed E-state index contributed by atoms with van der Waals surface area (Å²) >= 11 is 0. The number of hydrogen-bond acceptors (Lipinski definition) is 2. The number of benzene rings is 2. The monoisotopic (exact) mass is 268 g/mol. The fourth-order valence-electron chi connectivity index (χ4n) is 2.66. The Hall–Kier alpha value is -1.80. The van der Waals surface area contributed by atoms with Gasteiger partial charge in [0, 0.05) is 0 Å². The van der Waals surface area contributed by atoms with Crippen LogP contribution in [0.25, 0.3) is 0 Å². The van der Waals surface area contributed by atoms with Gasteiger partial charge in [-0.1, -0.05) is 30.3 Å². The fourth-order valence-corrected chi connectivity index (χ4v) is 2.66. The van der Waals surface area contributed by atoms with Crippen LogP contribution in [0.2, 0.25) is 0 Å². The van der Waals surface area contributed by atoms with Gasteiger partial charge in [0.2, 0.25) is 0 Å². The molecule has 0 aliphatic heterocycles. The first kappa shape index (κ1) is 13.2. The van der Waals surface area contributed by atoms with Gasteiger partial charge in [-0.15, -0.1) is 0 Å². The summed E-state index contributed by atoms with van der Waals surface area (Å²) in [7, 11) is 1.66. The van der Waals surface area contributed by atoms with Crippen molar-refractivity contribution in [2.45, 2.75) is 31.8 Å². The van der Waals surface area contributed by atoms with Gasteiger partial charge in [0.25, 0.3) is 0 Å². The Morgan fingerprint density at radius 2 is 1.95 bits per heavy atom. The van der Waals surface area contributed by atoms with Crippen molar-refractivity contribution in [1.82, 2.24) is 0 Å². The standard InChI is InChI=1S/C18H20O2/c1-12-10-16(20-2)8-9-17(12)18(19)15-5-3-4-14(11-15)13-6-7-13/h3-5,8-11,13,18-19H,6-7H2,1-2H3. The average molecular weight is 268 g/mol. The molecule has 0 spiro atoms. The van der Waals surface area contributed by atoms with Crippen LogP contribution in [0.1, 0.15) is 47.1 Å². The number of ether oxygens (including phenoxy) is 1. The normalized spacial score (nSPS) is 15.9. The molecule has 1 fully saturated rings. The van der Waals surface area contributed by atoms with Gasteiger partial charge >= 0.3 is 0 Å². The predicted octanol–water partition coefficient (Wildman–Crippen LogP) is 3.96. The van der Waals surface area contributed by atoms with Gasteiger partial charge < -0.3 is 9.84 Å². The second-order valence-electron chi connectivity index (χ2n) is 5.57. The van der Waals surface area contributed by atoms with Gasteiger partial charge in [0.05, 0.1) is 7.11 Å². The van der Waals surface area contributed by atoms with E-state index in [1.165, 1.54) is 18.4 Å². The van der Waals surface area contributed by atoms with Crippen molar-refractivity contribution in [3.63, 3.8) is 0 Å². The van der Waals surface area contributed by atoms with E-state index in [1.54, 1.807) is 7.11 Å². The van der Waals surface area contributed by atoms with Crippen LogP contribution in [0, 0.1) is 6.92 Å². The maximum atomic E-state index is 10.6. The van der Waals surface area contributed by atoms with E-state index in [9.17, 15) is 5.11 Å². The molecule has 1 N–H and O–H groups in total. The Bertz CT molecular complexity index is 615. The van der Waals surface area contributed by atoms with E-state index >= 15 is 0 Å². The minimum Gasteiger partial charge on any atom is -0.497 e. The quantitative estimate of drug-likeness (QED) is 0.909. The van der Waals surface area contributed by atoms with E-state index in [2.05, 4.69) is 12.1 Å². The van der Waals surface area contributed by atoms with Crippen LogP contribution in [-0.2, 0) is 0 Å². The predicted molar refractivity (Wildman–Crippen MR) is 80.2 cm³/mol. The van der Waals surface area contributed by atoms with Crippen LogP contribution < -0.4 is 4.74 Å². The lowest BCUT2D eigenvalue weighted by Crippen LogP contribution is -2.03. The van der Waals surface area contributed by atoms with Crippen LogP contribution in [0.4, 0.5) is 0 Å². The van der Waals surface area contributed by atoms with Crippen LogP contribution in [0.5, 0.6) is 5.75 Å². The first-order valence-electron chi connectivity index (χ1n) is 7.11. The zero-order valence-electron chi connectivity index (χ0n) is 12.0. The molecule has 2 heteroatoms. The Labute approximate surface area is 120 Å². The molecule has 1 unspecified atom stereocenters. The van der Waals surface area contributed by atoms with Crippen molar-refractivity contribution in [2.75, 3.05) is 7.11 Å². The molecule has 0 radical (unpaired) electrons. The van der Waals surface area contributed by atoms with E-state index in [0.717, 1.165) is 22.4 Å². The van der Waals surface area contributed by atoms with Gasteiger partial charge in [0.1, 0.15) is 11.9 Å². The highest BCUT2D eigenvalue weighted by Gasteiger charge is 2.24. The summed E-state index contributed by atoms with van der Waals surface area (Å²) in [4.78, 5) is 0. The molecular formula is C18H20O2. The maximum absolute atomic E-state index is 10.6. The van der Waals surface area contributed by atoms with E-state index in [1.807, 2.05) is 37.3 Å². The first-order valence-corrected chi connectivity index (χ1v) is 7.11. The summed E-state index contributed by atoms with van der Waals surface area (Å²) < 4.78 is 5.21. The van der Waals surface area contributed by atoms with Crippen LogP contribution in [0.15, 0.2) is 42.5 Å². The van der Waals surface area contributed by atoms with Crippen LogP contribution in [0.3, 0.4) is 0 Å². The average Bonchev–Trinajstić information content (AvgIpc) is 3.31. The van der Waals surface area contributed by atoms with Gasteiger partial charge in [-0.25, -0.2) is 0 Å². The second-order valence-corrected chi connectivity index (χ2v) is 5.57. The molecule has 20 heavy (non-hydrogen) atoms. The summed E-state index contributed by atoms with van der Waals surface area (Å²) in [5.74, 6) is 1.53. The van der Waals surface area contributed by atoms with Crippen molar-refractivity contribution in [2.24, 2.45) is 0 Å². The SMILES string of the molecule is COc1ccc(C(O)c2cccc(C3CC3)c2)c(C)c1. The molecule has 2 nitrogen and oxygen atoms in total. The zero-order valence-corrected chi connectivity index (χ0v) is 12.0. The molecule has 1 aliphatic carbocycles. The number of hydrogen-bond donors (Lipinski definition) is 1. The highest BCUT2D eigenvalue weighted by molar-refractivity contribution is 5.41. The molecule has 1 aliphatic rings. The van der Waals surface area contributed by atoms with Gasteiger partial charge in [-0.3, -0.25) is 0 Å². The molecule has 1 atom stereocenters. The van der Waals surface area contributed by atoms with Crippen LogP contribution >= 0.6 is 0 Å². The third-order valence-electron chi connectivity index (χ3n) is 4.05. The van der Waals surface area contributed by atoms with Crippen molar-refractivity contribution in [3.8, 4) is 5.75 Å². The van der Waals surface area contributed by atoms with Crippen molar-refractivity contribution in [1.29, 1.82) is 0 Å². The Kier molecular flexibility index (Phi) is 3.49. The molecular weight excluding hydrogens is 248 g/mol. The molecule has 3 rings (SSSR count). The third-order valence-corrected chi connectivity index (χ3v) is 4.05. The molecule has 104 valence electrons. The van der Waals surface area contributed by atoms with Gasteiger partial charge in [0.15, 0.2) is 0 Å². The van der Waals surface area contributed by atoms with E-state index in [4.69, 9.17) is 4.74 Å². The molecule has 0 heterocycles. The fraction of sp³-hybridized carbons (Fsp3) is 0.333.